The van der Waals surface area contributed by atoms with Crippen LogP contribution in [-0.2, 0) is 16.7 Å². The highest BCUT2D eigenvalue weighted by atomic mass is 32.2. The Kier molecular flexibility index (Phi) is 9.65. The van der Waals surface area contributed by atoms with Crippen LogP contribution in [0.2, 0.25) is 0 Å². The minimum Gasteiger partial charge on any atom is -0.325 e. The zero-order chi connectivity index (χ0) is 30.6. The highest BCUT2D eigenvalue weighted by Gasteiger charge is 2.22. The van der Waals surface area contributed by atoms with Crippen molar-refractivity contribution in [1.82, 2.24) is 34.3 Å². The van der Waals surface area contributed by atoms with Crippen LogP contribution in [0.15, 0.2) is 42.7 Å². The Morgan fingerprint density at radius 2 is 1.70 bits per heavy atom. The number of aromatic nitrogens is 5. The Morgan fingerprint density at radius 1 is 1.00 bits per heavy atom. The Hall–Kier alpha value is -3.52. The van der Waals surface area contributed by atoms with Gasteiger partial charge in [-0.3, -0.25) is 9.45 Å². The summed E-state index contributed by atoms with van der Waals surface area (Å²) in [5, 5.41) is 3.15. The van der Waals surface area contributed by atoms with Crippen molar-refractivity contribution in [2.45, 2.75) is 52.1 Å². The number of nitrogens with zero attached hydrogens (tertiary/aromatic N) is 7. The van der Waals surface area contributed by atoms with Crippen molar-refractivity contribution in [2.24, 2.45) is 0 Å². The first-order chi connectivity index (χ1) is 20.6. The lowest BCUT2D eigenvalue weighted by Crippen LogP contribution is -2.45. The number of nitrogens with one attached hydrogen (secondary N) is 1. The second-order valence-corrected chi connectivity index (χ2v) is 12.6. The second-order valence-electron chi connectivity index (χ2n) is 11.2. The number of benzene rings is 1. The molecule has 6 rings (SSSR count). The Morgan fingerprint density at radius 3 is 2.35 bits per heavy atom. The summed E-state index contributed by atoms with van der Waals surface area (Å²) in [6.45, 7) is 10.7. The molecule has 1 aliphatic heterocycles. The smallest absolute Gasteiger partial charge is 0.261 e. The summed E-state index contributed by atoms with van der Waals surface area (Å²) in [5.41, 5.74) is 4.12. The third-order valence-corrected chi connectivity index (χ3v) is 7.96. The fourth-order valence-electron chi connectivity index (χ4n) is 5.84. The molecule has 0 unspecified atom stereocenters. The lowest BCUT2D eigenvalue weighted by molar-refractivity contribution is 0.132. The van der Waals surface area contributed by atoms with Crippen molar-refractivity contribution in [1.29, 1.82) is 0 Å². The summed E-state index contributed by atoms with van der Waals surface area (Å²) in [4.78, 5) is 22.9. The molecule has 2 N–H and O–H groups in total. The van der Waals surface area contributed by atoms with Gasteiger partial charge in [-0.25, -0.2) is 24.3 Å². The van der Waals surface area contributed by atoms with E-state index < -0.39 is 15.9 Å². The van der Waals surface area contributed by atoms with Crippen molar-refractivity contribution in [3.63, 3.8) is 0 Å². The standard InChI is InChI=1S/C29H35FN8.CH4O3S/c1-3-36-12-14-37(15-13-36)19-21-8-11-27(31-17-21)34-29-32-18-24(30)28(35-29)22-9-10-25-26(16-22)38(20(2)33-25)23-6-4-5-7-23;1-5(2,3)4/h8-11,16-18,23H,3-7,12-15,19H2,1-2H3,(H,31,32,34,35);1H3,(H,2,3,4). The summed E-state index contributed by atoms with van der Waals surface area (Å²) in [6, 6.07) is 10.3. The summed E-state index contributed by atoms with van der Waals surface area (Å²) >= 11 is 0. The van der Waals surface area contributed by atoms with E-state index in [1.165, 1.54) is 24.6 Å². The molecule has 3 aromatic heterocycles. The minimum absolute atomic E-state index is 0.268. The van der Waals surface area contributed by atoms with Crippen LogP contribution in [-0.4, -0.2) is 86.3 Å². The molecule has 0 spiro atoms. The molecule has 1 saturated heterocycles. The molecule has 1 aromatic carbocycles. The molecule has 1 aliphatic carbocycles. The number of hydrogen-bond donors (Lipinski definition) is 2. The van der Waals surface area contributed by atoms with Crippen LogP contribution >= 0.6 is 0 Å². The summed E-state index contributed by atoms with van der Waals surface area (Å²) in [7, 11) is -3.67. The van der Waals surface area contributed by atoms with Crippen LogP contribution in [0.25, 0.3) is 22.3 Å². The molecule has 13 heteroatoms. The number of imidazole rings is 1. The van der Waals surface area contributed by atoms with Crippen LogP contribution in [0.5, 0.6) is 0 Å². The van der Waals surface area contributed by atoms with Crippen molar-refractivity contribution in [3.8, 4) is 11.3 Å². The van der Waals surface area contributed by atoms with Gasteiger partial charge in [-0.1, -0.05) is 31.9 Å². The van der Waals surface area contributed by atoms with Crippen molar-refractivity contribution >= 4 is 32.9 Å². The summed E-state index contributed by atoms with van der Waals surface area (Å²) in [5.74, 6) is 1.50. The summed E-state index contributed by atoms with van der Waals surface area (Å²) in [6.07, 6.45) is 8.63. The van der Waals surface area contributed by atoms with E-state index in [1.807, 2.05) is 30.5 Å². The number of hydrogen-bond acceptors (Lipinski definition) is 9. The molecular formula is C30H39FN8O3S. The molecule has 11 nitrogen and oxygen atoms in total. The van der Waals surface area contributed by atoms with E-state index in [0.717, 1.165) is 69.0 Å². The van der Waals surface area contributed by atoms with Gasteiger partial charge in [0.1, 0.15) is 17.3 Å². The van der Waals surface area contributed by atoms with Crippen LogP contribution in [0, 0.1) is 12.7 Å². The zero-order valence-corrected chi connectivity index (χ0v) is 25.7. The number of piperazine rings is 1. The van der Waals surface area contributed by atoms with Crippen molar-refractivity contribution in [3.05, 3.63) is 59.9 Å². The van der Waals surface area contributed by atoms with E-state index in [0.29, 0.717) is 29.6 Å². The van der Waals surface area contributed by atoms with E-state index in [2.05, 4.69) is 54.5 Å². The van der Waals surface area contributed by atoms with Gasteiger partial charge in [0.15, 0.2) is 5.82 Å². The Balaban J connectivity index is 0.000000682. The SMILES string of the molecule is CCN1CCN(Cc2ccc(Nc3ncc(F)c(-c4ccc5nc(C)n(C6CCCC6)c5c4)n3)nc2)CC1.CS(=O)(=O)O. The number of aryl methyl sites for hydroxylation is 1. The minimum atomic E-state index is -3.67. The van der Waals surface area contributed by atoms with E-state index in [1.54, 1.807) is 0 Å². The van der Waals surface area contributed by atoms with Gasteiger partial charge in [0.25, 0.3) is 10.1 Å². The van der Waals surface area contributed by atoms with Gasteiger partial charge in [-0.2, -0.15) is 8.42 Å². The van der Waals surface area contributed by atoms with Gasteiger partial charge < -0.3 is 14.8 Å². The molecule has 4 aromatic rings. The molecule has 0 amide bonds. The average molecular weight is 611 g/mol. The molecule has 1 saturated carbocycles. The van der Waals surface area contributed by atoms with Gasteiger partial charge in [-0.05, 0) is 50.1 Å². The molecule has 4 heterocycles. The molecule has 43 heavy (non-hydrogen) atoms. The Labute approximate surface area is 251 Å². The van der Waals surface area contributed by atoms with E-state index in [-0.39, 0.29) is 5.69 Å². The highest BCUT2D eigenvalue weighted by molar-refractivity contribution is 7.85. The zero-order valence-electron chi connectivity index (χ0n) is 24.9. The third-order valence-electron chi connectivity index (χ3n) is 7.96. The largest absolute Gasteiger partial charge is 0.325 e. The Bertz CT molecular complexity index is 1640. The molecule has 0 bridgehead atoms. The molecule has 0 atom stereocenters. The van der Waals surface area contributed by atoms with Crippen molar-refractivity contribution < 1.29 is 17.4 Å². The first-order valence-electron chi connectivity index (χ1n) is 14.7. The van der Waals surface area contributed by atoms with Crippen LogP contribution < -0.4 is 5.32 Å². The monoisotopic (exact) mass is 610 g/mol. The maximum atomic E-state index is 14.9. The van der Waals surface area contributed by atoms with E-state index >= 15 is 0 Å². The fourth-order valence-corrected chi connectivity index (χ4v) is 5.84. The molecule has 2 fully saturated rings. The molecule has 230 valence electrons. The van der Waals surface area contributed by atoms with Gasteiger partial charge in [0.2, 0.25) is 5.95 Å². The molecule has 0 radical (unpaired) electrons. The van der Waals surface area contributed by atoms with E-state index in [9.17, 15) is 12.8 Å². The summed E-state index contributed by atoms with van der Waals surface area (Å²) < 4.78 is 43.1. The van der Waals surface area contributed by atoms with Crippen LogP contribution in [0.3, 0.4) is 0 Å². The third kappa shape index (κ3) is 8.11. The normalized spacial score (nSPS) is 16.8. The highest BCUT2D eigenvalue weighted by Crippen LogP contribution is 2.35. The second kappa shape index (κ2) is 13.4. The van der Waals surface area contributed by atoms with Gasteiger partial charge in [-0.15, -0.1) is 0 Å². The number of halogens is 1. The predicted molar refractivity (Wildman–Crippen MR) is 165 cm³/mol. The average Bonchev–Trinajstić information content (AvgIpc) is 3.61. The molecular weight excluding hydrogens is 571 g/mol. The predicted octanol–water partition coefficient (Wildman–Crippen LogP) is 4.84. The topological polar surface area (TPSA) is 129 Å². The lowest BCUT2D eigenvalue weighted by Gasteiger charge is -2.33. The number of anilines is 2. The van der Waals surface area contributed by atoms with Gasteiger partial charge in [0.05, 0.1) is 23.5 Å². The number of likely N-dealkylation sites (N-methyl/N-ethyl adjacent to an activating group) is 1. The maximum absolute atomic E-state index is 14.9. The maximum Gasteiger partial charge on any atom is 0.261 e. The van der Waals surface area contributed by atoms with Crippen LogP contribution in [0.1, 0.15) is 50.0 Å². The van der Waals surface area contributed by atoms with Crippen LogP contribution in [0.4, 0.5) is 16.2 Å². The number of pyridine rings is 1. The van der Waals surface area contributed by atoms with Gasteiger partial charge in [0, 0.05) is 50.5 Å². The number of fused-ring (bicyclic) bond motifs is 1. The quantitative estimate of drug-likeness (QED) is 0.281. The number of rotatable bonds is 7. The van der Waals surface area contributed by atoms with Gasteiger partial charge >= 0.3 is 0 Å². The molecule has 2 aliphatic rings. The lowest BCUT2D eigenvalue weighted by atomic mass is 10.1. The first-order valence-corrected chi connectivity index (χ1v) is 16.5. The fraction of sp³-hybridized carbons (Fsp3) is 0.467. The first kappa shape index (κ1) is 30.9. The van der Waals surface area contributed by atoms with E-state index in [4.69, 9.17) is 9.54 Å². The van der Waals surface area contributed by atoms with Crippen molar-refractivity contribution in [2.75, 3.05) is 44.3 Å².